The van der Waals surface area contributed by atoms with Gasteiger partial charge in [0.2, 0.25) is 5.91 Å². The summed E-state index contributed by atoms with van der Waals surface area (Å²) in [7, 11) is 0. The predicted molar refractivity (Wildman–Crippen MR) is 70.6 cm³/mol. The van der Waals surface area contributed by atoms with E-state index < -0.39 is 0 Å². The van der Waals surface area contributed by atoms with Crippen LogP contribution in [0.25, 0.3) is 0 Å². The van der Waals surface area contributed by atoms with Crippen LogP contribution in [-0.4, -0.2) is 51.5 Å². The minimum Gasteiger partial charge on any atom is -0.466 e. The van der Waals surface area contributed by atoms with Crippen LogP contribution in [0.4, 0.5) is 0 Å². The molecule has 1 aliphatic heterocycles. The lowest BCUT2D eigenvalue weighted by molar-refractivity contribution is -0.151. The molecule has 2 heterocycles. The van der Waals surface area contributed by atoms with Gasteiger partial charge in [-0.3, -0.25) is 14.3 Å². The normalized spacial score (nSPS) is 16.1. The van der Waals surface area contributed by atoms with Gasteiger partial charge in [-0.1, -0.05) is 5.21 Å². The molecule has 7 nitrogen and oxygen atoms in total. The highest BCUT2D eigenvalue weighted by molar-refractivity contribution is 5.77. The molecular formula is C13H20N4O3. The highest BCUT2D eigenvalue weighted by atomic mass is 16.5. The maximum Gasteiger partial charge on any atom is 0.309 e. The molecule has 0 radical (unpaired) electrons. The van der Waals surface area contributed by atoms with Gasteiger partial charge in [0, 0.05) is 25.7 Å². The minimum atomic E-state index is -0.137. The average molecular weight is 280 g/mol. The molecule has 0 unspecified atom stereocenters. The lowest BCUT2D eigenvalue weighted by Crippen LogP contribution is -2.40. The minimum absolute atomic E-state index is 0.0608. The number of amides is 1. The Morgan fingerprint density at radius 3 is 2.70 bits per heavy atom. The van der Waals surface area contributed by atoms with Crippen molar-refractivity contribution in [1.29, 1.82) is 0 Å². The fraction of sp³-hybridized carbons (Fsp3) is 0.692. The quantitative estimate of drug-likeness (QED) is 0.733. The van der Waals surface area contributed by atoms with E-state index in [9.17, 15) is 9.59 Å². The third-order valence-corrected chi connectivity index (χ3v) is 3.49. The van der Waals surface area contributed by atoms with E-state index in [1.54, 1.807) is 24.0 Å². The van der Waals surface area contributed by atoms with Crippen molar-refractivity contribution in [2.75, 3.05) is 19.7 Å². The first-order chi connectivity index (χ1) is 9.70. The van der Waals surface area contributed by atoms with Crippen LogP contribution in [0, 0.1) is 5.92 Å². The summed E-state index contributed by atoms with van der Waals surface area (Å²) >= 11 is 0. The third kappa shape index (κ3) is 3.79. The third-order valence-electron chi connectivity index (χ3n) is 3.49. The largest absolute Gasteiger partial charge is 0.466 e. The number of carbonyl (C=O) groups excluding carboxylic acids is 2. The van der Waals surface area contributed by atoms with Gasteiger partial charge in [0.05, 0.1) is 25.3 Å². The number of hydrogen-bond donors (Lipinski definition) is 0. The van der Waals surface area contributed by atoms with Crippen LogP contribution < -0.4 is 0 Å². The van der Waals surface area contributed by atoms with E-state index in [4.69, 9.17) is 4.74 Å². The van der Waals surface area contributed by atoms with Crippen LogP contribution in [-0.2, 0) is 20.9 Å². The van der Waals surface area contributed by atoms with E-state index in [-0.39, 0.29) is 17.8 Å². The van der Waals surface area contributed by atoms with E-state index >= 15 is 0 Å². The summed E-state index contributed by atoms with van der Waals surface area (Å²) in [4.78, 5) is 25.5. The zero-order chi connectivity index (χ0) is 14.4. The second-order valence-corrected chi connectivity index (χ2v) is 4.82. The highest BCUT2D eigenvalue weighted by Crippen LogP contribution is 2.19. The standard InChI is InChI=1S/C13H20N4O3/c1-2-20-13(19)11-3-7-16(8-4-11)12(18)5-9-17-10-6-14-15-17/h6,10-11H,2-5,7-9H2,1H3. The number of carbonyl (C=O) groups is 2. The number of esters is 1. The fourth-order valence-electron chi connectivity index (χ4n) is 2.34. The van der Waals surface area contributed by atoms with Crippen LogP contribution in [0.2, 0.25) is 0 Å². The summed E-state index contributed by atoms with van der Waals surface area (Å²) in [6, 6.07) is 0. The van der Waals surface area contributed by atoms with E-state index in [2.05, 4.69) is 10.3 Å². The van der Waals surface area contributed by atoms with Crippen molar-refractivity contribution in [3.63, 3.8) is 0 Å². The number of aryl methyl sites for hydroxylation is 1. The summed E-state index contributed by atoms with van der Waals surface area (Å²) in [5.41, 5.74) is 0. The molecule has 0 saturated carbocycles. The van der Waals surface area contributed by atoms with Gasteiger partial charge in [-0.05, 0) is 19.8 Å². The monoisotopic (exact) mass is 280 g/mol. The second kappa shape index (κ2) is 7.02. The molecule has 2 rings (SSSR count). The first-order valence-corrected chi connectivity index (χ1v) is 6.99. The van der Waals surface area contributed by atoms with Crippen molar-refractivity contribution in [2.45, 2.75) is 32.7 Å². The number of rotatable bonds is 5. The molecule has 0 bridgehead atoms. The summed E-state index contributed by atoms with van der Waals surface area (Å²) in [5.74, 6) is -0.0978. The Hall–Kier alpha value is -1.92. The molecule has 7 heteroatoms. The number of hydrogen-bond acceptors (Lipinski definition) is 5. The Morgan fingerprint density at radius 1 is 1.35 bits per heavy atom. The molecule has 0 spiro atoms. The van der Waals surface area contributed by atoms with Crippen LogP contribution in [0.5, 0.6) is 0 Å². The van der Waals surface area contributed by atoms with Crippen LogP contribution in [0.15, 0.2) is 12.4 Å². The van der Waals surface area contributed by atoms with E-state index in [0.717, 1.165) is 0 Å². The Kier molecular flexibility index (Phi) is 5.09. The Labute approximate surface area is 117 Å². The molecule has 1 aromatic rings. The van der Waals surface area contributed by atoms with Gasteiger partial charge < -0.3 is 9.64 Å². The van der Waals surface area contributed by atoms with E-state index in [1.165, 1.54) is 0 Å². The molecule has 0 atom stereocenters. The molecule has 0 aromatic carbocycles. The van der Waals surface area contributed by atoms with E-state index in [0.29, 0.717) is 45.5 Å². The van der Waals surface area contributed by atoms with Crippen molar-refractivity contribution in [3.8, 4) is 0 Å². The van der Waals surface area contributed by atoms with Crippen molar-refractivity contribution in [2.24, 2.45) is 5.92 Å². The smallest absolute Gasteiger partial charge is 0.309 e. The number of aromatic nitrogens is 3. The molecule has 0 aliphatic carbocycles. The lowest BCUT2D eigenvalue weighted by atomic mass is 9.97. The lowest BCUT2D eigenvalue weighted by Gasteiger charge is -2.30. The topological polar surface area (TPSA) is 77.3 Å². The van der Waals surface area contributed by atoms with Crippen molar-refractivity contribution < 1.29 is 14.3 Å². The van der Waals surface area contributed by atoms with Gasteiger partial charge in [0.1, 0.15) is 0 Å². The number of nitrogens with zero attached hydrogens (tertiary/aromatic N) is 4. The molecule has 0 N–H and O–H groups in total. The molecule has 1 amide bonds. The molecular weight excluding hydrogens is 260 g/mol. The van der Waals surface area contributed by atoms with Gasteiger partial charge in [0.25, 0.3) is 0 Å². The first kappa shape index (κ1) is 14.5. The van der Waals surface area contributed by atoms with Gasteiger partial charge in [-0.15, -0.1) is 5.10 Å². The summed E-state index contributed by atoms with van der Waals surface area (Å²) < 4.78 is 6.65. The van der Waals surface area contributed by atoms with Gasteiger partial charge in [-0.2, -0.15) is 0 Å². The first-order valence-electron chi connectivity index (χ1n) is 6.99. The SMILES string of the molecule is CCOC(=O)C1CCN(C(=O)CCn2ccnn2)CC1. The van der Waals surface area contributed by atoms with Gasteiger partial charge >= 0.3 is 5.97 Å². The molecule has 1 aromatic heterocycles. The van der Waals surface area contributed by atoms with Crippen molar-refractivity contribution in [3.05, 3.63) is 12.4 Å². The number of likely N-dealkylation sites (tertiary alicyclic amines) is 1. The Morgan fingerprint density at radius 2 is 2.10 bits per heavy atom. The van der Waals surface area contributed by atoms with Crippen molar-refractivity contribution >= 4 is 11.9 Å². The average Bonchev–Trinajstić information content (AvgIpc) is 2.98. The summed E-state index contributed by atoms with van der Waals surface area (Å²) in [5, 5.41) is 7.52. The summed E-state index contributed by atoms with van der Waals surface area (Å²) in [6.45, 7) is 4.01. The molecule has 1 aliphatic rings. The molecule has 1 fully saturated rings. The molecule has 20 heavy (non-hydrogen) atoms. The molecule has 110 valence electrons. The zero-order valence-corrected chi connectivity index (χ0v) is 11.7. The predicted octanol–water partition coefficient (Wildman–Crippen LogP) is 0.470. The van der Waals surface area contributed by atoms with E-state index in [1.807, 2.05) is 4.90 Å². The summed E-state index contributed by atoms with van der Waals surface area (Å²) in [6.07, 6.45) is 5.12. The number of ether oxygens (including phenoxy) is 1. The highest BCUT2D eigenvalue weighted by Gasteiger charge is 2.27. The van der Waals surface area contributed by atoms with Crippen LogP contribution in [0.3, 0.4) is 0 Å². The Bertz CT molecular complexity index is 438. The Balaban J connectivity index is 1.73. The fourth-order valence-corrected chi connectivity index (χ4v) is 2.34. The second-order valence-electron chi connectivity index (χ2n) is 4.82. The van der Waals surface area contributed by atoms with Crippen LogP contribution >= 0.6 is 0 Å². The van der Waals surface area contributed by atoms with Gasteiger partial charge in [-0.25, -0.2) is 0 Å². The van der Waals surface area contributed by atoms with Crippen LogP contribution in [0.1, 0.15) is 26.2 Å². The maximum absolute atomic E-state index is 12.0. The number of piperidine rings is 1. The van der Waals surface area contributed by atoms with Gasteiger partial charge in [0.15, 0.2) is 0 Å². The molecule has 1 saturated heterocycles. The van der Waals surface area contributed by atoms with Crippen molar-refractivity contribution in [1.82, 2.24) is 19.9 Å². The maximum atomic E-state index is 12.0. The zero-order valence-electron chi connectivity index (χ0n) is 11.7.